The summed E-state index contributed by atoms with van der Waals surface area (Å²) in [5.41, 5.74) is 2.45. The van der Waals surface area contributed by atoms with Gasteiger partial charge in [0.15, 0.2) is 0 Å². The van der Waals surface area contributed by atoms with E-state index in [1.54, 1.807) is 13.4 Å². The summed E-state index contributed by atoms with van der Waals surface area (Å²) < 4.78 is 5.00. The van der Waals surface area contributed by atoms with Gasteiger partial charge >= 0.3 is 0 Å². The Morgan fingerprint density at radius 2 is 2.24 bits per heavy atom. The number of hydrogen-bond donors (Lipinski definition) is 1. The molecule has 2 rings (SSSR count). The van der Waals surface area contributed by atoms with Crippen LogP contribution in [0, 0.1) is 0 Å². The first-order valence-corrected chi connectivity index (χ1v) is 6.44. The number of anilines is 1. The van der Waals surface area contributed by atoms with Crippen LogP contribution in [0.3, 0.4) is 0 Å². The summed E-state index contributed by atoms with van der Waals surface area (Å²) in [6.45, 7) is 1.21. The third-order valence-electron chi connectivity index (χ3n) is 2.96. The highest BCUT2D eigenvalue weighted by molar-refractivity contribution is 6.21. The van der Waals surface area contributed by atoms with Crippen molar-refractivity contribution in [2.45, 2.75) is 31.1 Å². The lowest BCUT2D eigenvalue weighted by Crippen LogP contribution is -2.21. The molecule has 0 saturated heterocycles. The van der Waals surface area contributed by atoms with E-state index in [-0.39, 0.29) is 5.38 Å². The monoisotopic (exact) mass is 255 g/mol. The van der Waals surface area contributed by atoms with Crippen molar-refractivity contribution in [1.29, 1.82) is 0 Å². The second kappa shape index (κ2) is 6.17. The van der Waals surface area contributed by atoms with Crippen molar-refractivity contribution in [3.8, 4) is 0 Å². The lowest BCUT2D eigenvalue weighted by molar-refractivity contribution is 0.200. The molecule has 1 aliphatic carbocycles. The maximum absolute atomic E-state index is 6.08. The minimum absolute atomic E-state index is 0.0331. The third-order valence-corrected chi connectivity index (χ3v) is 3.24. The number of halogens is 1. The minimum atomic E-state index is -0.0331. The van der Waals surface area contributed by atoms with Crippen molar-refractivity contribution in [2.75, 3.05) is 25.6 Å². The minimum Gasteiger partial charge on any atom is -0.383 e. The Bertz CT molecular complexity index is 373. The Balaban J connectivity index is 2.01. The van der Waals surface area contributed by atoms with Crippen LogP contribution in [0.15, 0.2) is 6.33 Å². The molecule has 1 heterocycles. The van der Waals surface area contributed by atoms with E-state index in [0.717, 1.165) is 18.7 Å². The molecule has 0 saturated carbocycles. The van der Waals surface area contributed by atoms with Crippen LogP contribution in [-0.4, -0.2) is 35.6 Å². The first kappa shape index (κ1) is 12.6. The molecule has 1 N–H and O–H groups in total. The Labute approximate surface area is 107 Å². The van der Waals surface area contributed by atoms with Crippen molar-refractivity contribution < 1.29 is 4.74 Å². The molecule has 0 bridgehead atoms. The van der Waals surface area contributed by atoms with E-state index >= 15 is 0 Å². The molecule has 0 aliphatic heterocycles. The quantitative estimate of drug-likeness (QED) is 0.818. The number of methoxy groups -OCH3 is 1. The molecule has 0 aromatic carbocycles. The summed E-state index contributed by atoms with van der Waals surface area (Å²) in [5, 5.41) is 3.26. The van der Waals surface area contributed by atoms with Gasteiger partial charge in [-0.2, -0.15) is 0 Å². The highest BCUT2D eigenvalue weighted by Crippen LogP contribution is 2.24. The zero-order valence-corrected chi connectivity index (χ0v) is 10.8. The van der Waals surface area contributed by atoms with Gasteiger partial charge in [0.2, 0.25) is 0 Å². The Kier molecular flexibility index (Phi) is 4.57. The lowest BCUT2D eigenvalue weighted by Gasteiger charge is -2.18. The van der Waals surface area contributed by atoms with Crippen LogP contribution in [0.1, 0.15) is 24.1 Å². The summed E-state index contributed by atoms with van der Waals surface area (Å²) in [6.07, 6.45) is 6.21. The fourth-order valence-corrected chi connectivity index (χ4v) is 2.32. The first-order valence-electron chi connectivity index (χ1n) is 6.01. The SMILES string of the molecule is COCC(Cl)CNc1ncnc2c1CCCC2. The fraction of sp³-hybridized carbons (Fsp3) is 0.667. The zero-order chi connectivity index (χ0) is 12.1. The highest BCUT2D eigenvalue weighted by Gasteiger charge is 2.15. The summed E-state index contributed by atoms with van der Waals surface area (Å²) in [6, 6.07) is 0. The average Bonchev–Trinajstić information content (AvgIpc) is 2.36. The van der Waals surface area contributed by atoms with Crippen LogP contribution < -0.4 is 5.32 Å². The van der Waals surface area contributed by atoms with Crippen LogP contribution in [0.2, 0.25) is 0 Å². The number of alkyl halides is 1. The highest BCUT2D eigenvalue weighted by atomic mass is 35.5. The number of aryl methyl sites for hydroxylation is 1. The predicted octanol–water partition coefficient (Wildman–Crippen LogP) is 2.02. The molecule has 1 aromatic rings. The van der Waals surface area contributed by atoms with Gasteiger partial charge in [0, 0.05) is 24.9 Å². The van der Waals surface area contributed by atoms with Gasteiger partial charge < -0.3 is 10.1 Å². The largest absolute Gasteiger partial charge is 0.383 e. The van der Waals surface area contributed by atoms with Crippen molar-refractivity contribution in [1.82, 2.24) is 9.97 Å². The van der Waals surface area contributed by atoms with E-state index in [2.05, 4.69) is 15.3 Å². The molecule has 0 fully saturated rings. The van der Waals surface area contributed by atoms with Gasteiger partial charge in [-0.25, -0.2) is 9.97 Å². The smallest absolute Gasteiger partial charge is 0.132 e. The molecule has 0 amide bonds. The number of rotatable bonds is 5. The second-order valence-corrected chi connectivity index (χ2v) is 4.91. The number of ether oxygens (including phenoxy) is 1. The van der Waals surface area contributed by atoms with Gasteiger partial charge in [0.1, 0.15) is 12.1 Å². The van der Waals surface area contributed by atoms with Gasteiger partial charge in [-0.3, -0.25) is 0 Å². The molecule has 94 valence electrons. The topological polar surface area (TPSA) is 47.0 Å². The number of nitrogens with one attached hydrogen (secondary N) is 1. The van der Waals surface area contributed by atoms with Crippen LogP contribution in [0.4, 0.5) is 5.82 Å². The van der Waals surface area contributed by atoms with Crippen LogP contribution in [-0.2, 0) is 17.6 Å². The van der Waals surface area contributed by atoms with E-state index in [1.165, 1.54) is 24.1 Å². The van der Waals surface area contributed by atoms with Gasteiger partial charge in [-0.1, -0.05) is 0 Å². The number of hydrogen-bond acceptors (Lipinski definition) is 4. The third kappa shape index (κ3) is 3.30. The van der Waals surface area contributed by atoms with Gasteiger partial charge in [0.05, 0.1) is 12.0 Å². The molecule has 4 nitrogen and oxygen atoms in total. The first-order chi connectivity index (χ1) is 8.31. The summed E-state index contributed by atoms with van der Waals surface area (Å²) in [4.78, 5) is 8.64. The standard InChI is InChI=1S/C12H18ClN3O/c1-17-7-9(13)6-14-12-10-4-2-3-5-11(10)15-8-16-12/h8-9H,2-7H2,1H3,(H,14,15,16). The fourth-order valence-electron chi connectivity index (χ4n) is 2.12. The van der Waals surface area contributed by atoms with Gasteiger partial charge in [0.25, 0.3) is 0 Å². The molecule has 0 radical (unpaired) electrons. The number of nitrogens with zero attached hydrogens (tertiary/aromatic N) is 2. The van der Waals surface area contributed by atoms with E-state index in [4.69, 9.17) is 16.3 Å². The summed E-state index contributed by atoms with van der Waals surface area (Å²) in [5.74, 6) is 0.941. The Morgan fingerprint density at radius 3 is 3.06 bits per heavy atom. The van der Waals surface area contributed by atoms with Crippen LogP contribution in [0.5, 0.6) is 0 Å². The van der Waals surface area contributed by atoms with Crippen LogP contribution in [0.25, 0.3) is 0 Å². The second-order valence-electron chi connectivity index (χ2n) is 4.29. The molecule has 1 aliphatic rings. The van der Waals surface area contributed by atoms with Crippen molar-refractivity contribution in [3.05, 3.63) is 17.6 Å². The number of aromatic nitrogens is 2. The Hall–Kier alpha value is -0.870. The molecular formula is C12H18ClN3O. The van der Waals surface area contributed by atoms with Gasteiger partial charge in [-0.15, -0.1) is 11.6 Å². The normalized spacial score (nSPS) is 16.4. The maximum atomic E-state index is 6.08. The Morgan fingerprint density at radius 1 is 1.41 bits per heavy atom. The summed E-state index contributed by atoms with van der Waals surface area (Å²) >= 11 is 6.08. The molecule has 1 unspecified atom stereocenters. The van der Waals surface area contributed by atoms with Gasteiger partial charge in [-0.05, 0) is 25.7 Å². The van der Waals surface area contributed by atoms with E-state index in [0.29, 0.717) is 13.2 Å². The van der Waals surface area contributed by atoms with E-state index < -0.39 is 0 Å². The molecule has 5 heteroatoms. The molecular weight excluding hydrogens is 238 g/mol. The van der Waals surface area contributed by atoms with Crippen molar-refractivity contribution in [2.24, 2.45) is 0 Å². The molecule has 17 heavy (non-hydrogen) atoms. The molecule has 0 spiro atoms. The lowest BCUT2D eigenvalue weighted by atomic mass is 9.96. The predicted molar refractivity (Wildman–Crippen MR) is 68.7 cm³/mol. The van der Waals surface area contributed by atoms with E-state index in [1.807, 2.05) is 0 Å². The maximum Gasteiger partial charge on any atom is 0.132 e. The van der Waals surface area contributed by atoms with Crippen molar-refractivity contribution >= 4 is 17.4 Å². The molecule has 1 atom stereocenters. The van der Waals surface area contributed by atoms with E-state index in [9.17, 15) is 0 Å². The summed E-state index contributed by atoms with van der Waals surface area (Å²) in [7, 11) is 1.65. The number of fused-ring (bicyclic) bond motifs is 1. The average molecular weight is 256 g/mol. The molecule has 1 aromatic heterocycles. The van der Waals surface area contributed by atoms with Crippen LogP contribution >= 0.6 is 11.6 Å². The van der Waals surface area contributed by atoms with Crippen molar-refractivity contribution in [3.63, 3.8) is 0 Å². The zero-order valence-electron chi connectivity index (χ0n) is 10.1.